The molecule has 11 nitrogen and oxygen atoms in total. The van der Waals surface area contributed by atoms with E-state index in [4.69, 9.17) is 10.3 Å². The van der Waals surface area contributed by atoms with Crippen LogP contribution in [0, 0.1) is 0 Å². The Kier molecular flexibility index (Phi) is 8.46. The maximum atomic E-state index is 12.1. The van der Waals surface area contributed by atoms with Gasteiger partial charge in [0, 0.05) is 13.1 Å². The van der Waals surface area contributed by atoms with Crippen LogP contribution in [0.1, 0.15) is 11.1 Å². The summed E-state index contributed by atoms with van der Waals surface area (Å²) in [6.07, 6.45) is 0. The Morgan fingerprint density at radius 1 is 0.719 bits per heavy atom. The number of carbonyl (C=O) groups is 2. The normalized spacial score (nSPS) is 11.9. The second-order valence-electron chi connectivity index (χ2n) is 7.10. The second-order valence-corrected chi connectivity index (χ2v) is 10.2. The molecule has 0 aliphatic carbocycles. The molecule has 0 saturated carbocycles. The molecule has 0 heterocycles. The van der Waals surface area contributed by atoms with Crippen LogP contribution in [0.25, 0.3) is 0 Å². The Bertz CT molecular complexity index is 1070. The molecular formula is C19H25N5O6S2. The number of hydrogen-bond donors (Lipinski definition) is 4. The number of amides is 2. The van der Waals surface area contributed by atoms with Gasteiger partial charge in [-0.15, -0.1) is 0 Å². The molecular weight excluding hydrogens is 458 g/mol. The molecule has 0 aliphatic rings. The minimum atomic E-state index is -3.77. The topological polar surface area (TPSA) is 182 Å². The fraction of sp³-hybridized carbons (Fsp3) is 0.263. The highest BCUT2D eigenvalue weighted by molar-refractivity contribution is 7.89. The van der Waals surface area contributed by atoms with Gasteiger partial charge in [0.05, 0.1) is 22.9 Å². The smallest absolute Gasteiger partial charge is 0.238 e. The lowest BCUT2D eigenvalue weighted by Crippen LogP contribution is -2.40. The molecule has 0 spiro atoms. The predicted molar refractivity (Wildman–Crippen MR) is 117 cm³/mol. The van der Waals surface area contributed by atoms with E-state index in [0.29, 0.717) is 11.1 Å². The van der Waals surface area contributed by atoms with Gasteiger partial charge < -0.3 is 10.6 Å². The molecule has 0 aromatic heterocycles. The second kappa shape index (κ2) is 10.7. The van der Waals surface area contributed by atoms with Crippen LogP contribution in [-0.2, 0) is 42.7 Å². The molecule has 0 saturated heterocycles. The van der Waals surface area contributed by atoms with Gasteiger partial charge in [-0.3, -0.25) is 14.5 Å². The van der Waals surface area contributed by atoms with Crippen molar-refractivity contribution >= 4 is 31.9 Å². The lowest BCUT2D eigenvalue weighted by atomic mass is 10.2. The van der Waals surface area contributed by atoms with E-state index in [1.807, 2.05) is 0 Å². The molecule has 0 radical (unpaired) electrons. The van der Waals surface area contributed by atoms with Gasteiger partial charge in [0.15, 0.2) is 0 Å². The first-order valence-corrected chi connectivity index (χ1v) is 12.4. The molecule has 2 amide bonds. The largest absolute Gasteiger partial charge is 0.351 e. The van der Waals surface area contributed by atoms with E-state index in [1.165, 1.54) is 29.2 Å². The highest BCUT2D eigenvalue weighted by Gasteiger charge is 2.12. The maximum Gasteiger partial charge on any atom is 0.238 e. The lowest BCUT2D eigenvalue weighted by Gasteiger charge is -2.16. The third kappa shape index (κ3) is 8.36. The quantitative estimate of drug-likeness (QED) is 0.329. The minimum Gasteiger partial charge on any atom is -0.351 e. The fourth-order valence-corrected chi connectivity index (χ4v) is 3.68. The van der Waals surface area contributed by atoms with Crippen LogP contribution in [0.3, 0.4) is 0 Å². The van der Waals surface area contributed by atoms with Gasteiger partial charge in [-0.1, -0.05) is 24.3 Å². The molecule has 0 aliphatic heterocycles. The average Bonchev–Trinajstić information content (AvgIpc) is 2.70. The number of hydrogen-bond acceptors (Lipinski definition) is 7. The number of nitrogens with zero attached hydrogens (tertiary/aromatic N) is 1. The van der Waals surface area contributed by atoms with Crippen LogP contribution in [0.15, 0.2) is 58.3 Å². The summed E-state index contributed by atoms with van der Waals surface area (Å²) in [5, 5.41) is 15.4. The summed E-state index contributed by atoms with van der Waals surface area (Å²) in [6, 6.07) is 11.6. The molecule has 0 atom stereocenters. The van der Waals surface area contributed by atoms with Crippen molar-refractivity contribution < 1.29 is 26.4 Å². The minimum absolute atomic E-state index is 0.0151. The number of nitrogens with two attached hydrogens (primary N) is 2. The van der Waals surface area contributed by atoms with Crippen LogP contribution in [0.5, 0.6) is 0 Å². The van der Waals surface area contributed by atoms with Crippen LogP contribution in [0.4, 0.5) is 0 Å². The summed E-state index contributed by atoms with van der Waals surface area (Å²) < 4.78 is 45.0. The number of carbonyl (C=O) groups excluding carboxylic acids is 2. The molecule has 0 unspecified atom stereocenters. The highest BCUT2D eigenvalue weighted by Crippen LogP contribution is 2.09. The fourth-order valence-electron chi connectivity index (χ4n) is 2.65. The van der Waals surface area contributed by atoms with E-state index in [-0.39, 0.29) is 47.8 Å². The maximum absolute atomic E-state index is 12.1. The zero-order chi connectivity index (χ0) is 23.9. The van der Waals surface area contributed by atoms with Crippen molar-refractivity contribution in [1.82, 2.24) is 15.5 Å². The molecule has 174 valence electrons. The summed E-state index contributed by atoms with van der Waals surface area (Å²) in [5.74, 6) is -0.621. The summed E-state index contributed by atoms with van der Waals surface area (Å²) in [7, 11) is -5.93. The van der Waals surface area contributed by atoms with Crippen molar-refractivity contribution in [2.45, 2.75) is 22.9 Å². The van der Waals surface area contributed by atoms with Gasteiger partial charge in [-0.2, -0.15) is 0 Å². The van der Waals surface area contributed by atoms with Crippen LogP contribution in [0.2, 0.25) is 0 Å². The van der Waals surface area contributed by atoms with E-state index < -0.39 is 20.0 Å². The molecule has 2 aromatic carbocycles. The first kappa shape index (κ1) is 25.4. The van der Waals surface area contributed by atoms with Crippen molar-refractivity contribution in [2.75, 3.05) is 20.1 Å². The molecule has 32 heavy (non-hydrogen) atoms. The molecule has 0 fully saturated rings. The van der Waals surface area contributed by atoms with E-state index in [0.717, 1.165) is 0 Å². The van der Waals surface area contributed by atoms with Crippen LogP contribution >= 0.6 is 0 Å². The van der Waals surface area contributed by atoms with E-state index in [2.05, 4.69) is 10.6 Å². The van der Waals surface area contributed by atoms with E-state index >= 15 is 0 Å². The Balaban J connectivity index is 1.73. The number of primary sulfonamides is 2. The zero-order valence-corrected chi connectivity index (χ0v) is 18.9. The van der Waals surface area contributed by atoms with Crippen molar-refractivity contribution in [3.8, 4) is 0 Å². The number of benzene rings is 2. The monoisotopic (exact) mass is 483 g/mol. The van der Waals surface area contributed by atoms with Crippen LogP contribution in [-0.4, -0.2) is 53.7 Å². The van der Waals surface area contributed by atoms with E-state index in [1.54, 1.807) is 31.3 Å². The third-order valence-electron chi connectivity index (χ3n) is 4.31. The van der Waals surface area contributed by atoms with Crippen molar-refractivity contribution in [3.63, 3.8) is 0 Å². The number of nitrogens with one attached hydrogen (secondary N) is 2. The molecule has 13 heteroatoms. The first-order valence-electron chi connectivity index (χ1n) is 9.30. The van der Waals surface area contributed by atoms with Crippen molar-refractivity contribution in [2.24, 2.45) is 10.3 Å². The molecule has 6 N–H and O–H groups in total. The summed E-state index contributed by atoms with van der Waals surface area (Å²) in [4.78, 5) is 25.6. The van der Waals surface area contributed by atoms with Gasteiger partial charge >= 0.3 is 0 Å². The van der Waals surface area contributed by atoms with Crippen molar-refractivity contribution in [1.29, 1.82) is 0 Å². The summed E-state index contributed by atoms with van der Waals surface area (Å²) in [5.41, 5.74) is 1.39. The molecule has 0 bridgehead atoms. The predicted octanol–water partition coefficient (Wildman–Crippen LogP) is -1.15. The van der Waals surface area contributed by atoms with Crippen LogP contribution < -0.4 is 20.9 Å². The van der Waals surface area contributed by atoms with E-state index in [9.17, 15) is 26.4 Å². The van der Waals surface area contributed by atoms with Gasteiger partial charge in [0.2, 0.25) is 31.9 Å². The first-order chi connectivity index (χ1) is 14.8. The number of sulfonamides is 2. The number of likely N-dealkylation sites (N-methyl/N-ethyl adjacent to an activating group) is 1. The Morgan fingerprint density at radius 3 is 1.31 bits per heavy atom. The summed E-state index contributed by atoms with van der Waals surface area (Å²) >= 11 is 0. The highest BCUT2D eigenvalue weighted by atomic mass is 32.2. The third-order valence-corrected chi connectivity index (χ3v) is 6.17. The molecule has 2 aromatic rings. The van der Waals surface area contributed by atoms with Crippen molar-refractivity contribution in [3.05, 3.63) is 59.7 Å². The molecule has 2 rings (SSSR count). The van der Waals surface area contributed by atoms with Gasteiger partial charge in [-0.05, 0) is 42.4 Å². The number of rotatable bonds is 10. The van der Waals surface area contributed by atoms with Gasteiger partial charge in [-0.25, -0.2) is 27.1 Å². The van der Waals surface area contributed by atoms with Gasteiger partial charge in [0.1, 0.15) is 0 Å². The van der Waals surface area contributed by atoms with Gasteiger partial charge in [0.25, 0.3) is 0 Å². The lowest BCUT2D eigenvalue weighted by molar-refractivity contribution is -0.124. The zero-order valence-electron chi connectivity index (χ0n) is 17.3. The SMILES string of the molecule is CN(CC(=O)NCc1ccc(S(N)(=O)=O)cc1)CC(=O)NCc1ccc(S(N)(=O)=O)cc1. The Morgan fingerprint density at radius 2 is 1.03 bits per heavy atom. The Hall–Kier alpha value is -2.84. The Labute approximate surface area is 186 Å². The standard InChI is InChI=1S/C19H25N5O6S2/c1-24(12-18(25)22-10-14-2-6-16(7-3-14)31(20,27)28)13-19(26)23-11-15-4-8-17(9-5-15)32(21,29)30/h2-9H,10-13H2,1H3,(H,22,25)(H,23,26)(H2,20,27,28)(H2,21,29,30). The average molecular weight is 484 g/mol. The summed E-state index contributed by atoms with van der Waals surface area (Å²) in [6.45, 7) is 0.341.